The normalized spacial score (nSPS) is 14.3. The van der Waals surface area contributed by atoms with Crippen molar-refractivity contribution in [1.82, 2.24) is 19.9 Å². The van der Waals surface area contributed by atoms with Crippen molar-refractivity contribution in [2.75, 3.05) is 0 Å². The summed E-state index contributed by atoms with van der Waals surface area (Å²) in [6.07, 6.45) is 1.93. The van der Waals surface area contributed by atoms with E-state index < -0.39 is 0 Å². The third-order valence-corrected chi connectivity index (χ3v) is 4.88. The second-order valence-corrected chi connectivity index (χ2v) is 6.86. The Morgan fingerprint density at radius 3 is 2.16 bits per heavy atom. The summed E-state index contributed by atoms with van der Waals surface area (Å²) in [5.74, 6) is 0.720. The molecule has 25 heavy (non-hydrogen) atoms. The Kier molecular flexibility index (Phi) is 2.80. The number of aromatic nitrogens is 4. The van der Waals surface area contributed by atoms with Crippen molar-refractivity contribution in [2.45, 2.75) is 19.3 Å². The van der Waals surface area contributed by atoms with Crippen LogP contribution >= 0.6 is 0 Å². The van der Waals surface area contributed by atoms with Gasteiger partial charge in [-0.3, -0.25) is 0 Å². The topological polar surface area (TPSA) is 51.6 Å². The van der Waals surface area contributed by atoms with Gasteiger partial charge in [0.05, 0.1) is 22.4 Å². The van der Waals surface area contributed by atoms with E-state index >= 15 is 0 Å². The molecule has 0 N–H and O–H groups in total. The molecule has 2 aromatic carbocycles. The number of hydrogen-bond acceptors (Lipinski definition) is 4. The molecule has 0 spiro atoms. The van der Waals surface area contributed by atoms with Crippen LogP contribution in [0.4, 0.5) is 0 Å². The van der Waals surface area contributed by atoms with Gasteiger partial charge in [0.2, 0.25) is 0 Å². The highest BCUT2D eigenvalue weighted by atomic mass is 15.0. The SMILES string of the molecule is CC1(C)c2cnc(-c3ccccc3)nc2-c2nc3ccccc3nc21. The summed E-state index contributed by atoms with van der Waals surface area (Å²) in [4.78, 5) is 19.2. The quantitative estimate of drug-likeness (QED) is 0.521. The predicted molar refractivity (Wildman–Crippen MR) is 98.1 cm³/mol. The highest BCUT2D eigenvalue weighted by Crippen LogP contribution is 2.46. The van der Waals surface area contributed by atoms with Crippen LogP contribution < -0.4 is 0 Å². The van der Waals surface area contributed by atoms with Crippen molar-refractivity contribution in [3.8, 4) is 22.8 Å². The minimum atomic E-state index is -0.253. The maximum atomic E-state index is 4.90. The first-order chi connectivity index (χ1) is 12.1. The van der Waals surface area contributed by atoms with Crippen LogP contribution in [0.5, 0.6) is 0 Å². The van der Waals surface area contributed by atoms with Gasteiger partial charge in [-0.1, -0.05) is 42.5 Å². The van der Waals surface area contributed by atoms with Crippen molar-refractivity contribution in [3.05, 3.63) is 72.1 Å². The summed E-state index contributed by atoms with van der Waals surface area (Å²) >= 11 is 0. The highest BCUT2D eigenvalue weighted by molar-refractivity contribution is 5.82. The lowest BCUT2D eigenvalue weighted by Crippen LogP contribution is -2.17. The van der Waals surface area contributed by atoms with Crippen LogP contribution in [0.1, 0.15) is 25.1 Å². The van der Waals surface area contributed by atoms with Gasteiger partial charge in [0, 0.05) is 22.7 Å². The summed E-state index contributed by atoms with van der Waals surface area (Å²) in [5, 5.41) is 0. The van der Waals surface area contributed by atoms with Gasteiger partial charge in [-0.2, -0.15) is 0 Å². The van der Waals surface area contributed by atoms with E-state index in [1.165, 1.54) is 0 Å². The van der Waals surface area contributed by atoms with E-state index in [0.29, 0.717) is 0 Å². The monoisotopic (exact) mass is 324 g/mol. The molecule has 0 saturated heterocycles. The molecule has 0 amide bonds. The molecule has 1 aliphatic rings. The Labute approximate surface area is 145 Å². The Morgan fingerprint density at radius 1 is 0.720 bits per heavy atom. The lowest BCUT2D eigenvalue weighted by molar-refractivity contribution is 0.634. The van der Waals surface area contributed by atoms with Gasteiger partial charge in [-0.05, 0) is 26.0 Å². The summed E-state index contributed by atoms with van der Waals surface area (Å²) < 4.78 is 0. The first kappa shape index (κ1) is 14.2. The molecular weight excluding hydrogens is 308 g/mol. The van der Waals surface area contributed by atoms with Crippen LogP contribution in [-0.4, -0.2) is 19.9 Å². The predicted octanol–water partition coefficient (Wildman–Crippen LogP) is 4.39. The molecule has 0 unspecified atom stereocenters. The Hall–Kier alpha value is -3.14. The van der Waals surface area contributed by atoms with Crippen LogP contribution in [0.2, 0.25) is 0 Å². The Bertz CT molecular complexity index is 1120. The average Bonchev–Trinajstić information content (AvgIpc) is 2.87. The van der Waals surface area contributed by atoms with E-state index in [2.05, 4.69) is 18.8 Å². The van der Waals surface area contributed by atoms with Gasteiger partial charge in [0.25, 0.3) is 0 Å². The Balaban J connectivity index is 1.79. The van der Waals surface area contributed by atoms with E-state index in [-0.39, 0.29) is 5.41 Å². The third-order valence-electron chi connectivity index (χ3n) is 4.88. The fraction of sp³-hybridized carbons (Fsp3) is 0.143. The van der Waals surface area contributed by atoms with E-state index in [0.717, 1.165) is 45.1 Å². The largest absolute Gasteiger partial charge is 0.248 e. The van der Waals surface area contributed by atoms with Crippen LogP contribution in [-0.2, 0) is 5.41 Å². The molecule has 5 rings (SSSR count). The summed E-state index contributed by atoms with van der Waals surface area (Å²) in [6.45, 7) is 4.32. The molecule has 4 nitrogen and oxygen atoms in total. The summed E-state index contributed by atoms with van der Waals surface area (Å²) in [5.41, 5.74) is 6.38. The molecule has 0 aliphatic heterocycles. The van der Waals surface area contributed by atoms with E-state index in [1.807, 2.05) is 60.8 Å². The molecule has 0 saturated carbocycles. The third kappa shape index (κ3) is 2.00. The van der Waals surface area contributed by atoms with Gasteiger partial charge in [0.15, 0.2) is 5.82 Å². The number of nitrogens with zero attached hydrogens (tertiary/aromatic N) is 4. The van der Waals surface area contributed by atoms with Gasteiger partial charge >= 0.3 is 0 Å². The fourth-order valence-electron chi connectivity index (χ4n) is 3.47. The summed E-state index contributed by atoms with van der Waals surface area (Å²) in [6, 6.07) is 18.0. The fourth-order valence-corrected chi connectivity index (χ4v) is 3.47. The average molecular weight is 324 g/mol. The van der Waals surface area contributed by atoms with Crippen molar-refractivity contribution >= 4 is 11.0 Å². The molecule has 0 radical (unpaired) electrons. The summed E-state index contributed by atoms with van der Waals surface area (Å²) in [7, 11) is 0. The van der Waals surface area contributed by atoms with Crippen LogP contribution in [0.15, 0.2) is 60.8 Å². The van der Waals surface area contributed by atoms with Crippen molar-refractivity contribution < 1.29 is 0 Å². The second-order valence-electron chi connectivity index (χ2n) is 6.86. The van der Waals surface area contributed by atoms with E-state index in [1.54, 1.807) is 0 Å². The zero-order chi connectivity index (χ0) is 17.0. The van der Waals surface area contributed by atoms with Gasteiger partial charge < -0.3 is 0 Å². The number of para-hydroxylation sites is 2. The zero-order valence-corrected chi connectivity index (χ0v) is 14.1. The molecule has 2 heterocycles. The lowest BCUT2D eigenvalue weighted by Gasteiger charge is -2.19. The molecule has 4 aromatic rings. The number of benzene rings is 2. The van der Waals surface area contributed by atoms with E-state index in [4.69, 9.17) is 15.0 Å². The molecule has 0 bridgehead atoms. The maximum Gasteiger partial charge on any atom is 0.159 e. The van der Waals surface area contributed by atoms with Gasteiger partial charge in [-0.25, -0.2) is 19.9 Å². The van der Waals surface area contributed by atoms with Crippen molar-refractivity contribution in [1.29, 1.82) is 0 Å². The van der Waals surface area contributed by atoms with Gasteiger partial charge in [-0.15, -0.1) is 0 Å². The van der Waals surface area contributed by atoms with Crippen LogP contribution in [0.3, 0.4) is 0 Å². The smallest absolute Gasteiger partial charge is 0.159 e. The minimum Gasteiger partial charge on any atom is -0.248 e. The van der Waals surface area contributed by atoms with Crippen molar-refractivity contribution in [2.24, 2.45) is 0 Å². The lowest BCUT2D eigenvalue weighted by atomic mass is 9.87. The van der Waals surface area contributed by atoms with Crippen LogP contribution in [0.25, 0.3) is 33.8 Å². The molecule has 4 heteroatoms. The highest BCUT2D eigenvalue weighted by Gasteiger charge is 2.40. The second kappa shape index (κ2) is 4.93. The van der Waals surface area contributed by atoms with E-state index in [9.17, 15) is 0 Å². The number of rotatable bonds is 1. The van der Waals surface area contributed by atoms with Crippen molar-refractivity contribution in [3.63, 3.8) is 0 Å². The van der Waals surface area contributed by atoms with Crippen LogP contribution in [0, 0.1) is 0 Å². The number of fused-ring (bicyclic) bond motifs is 4. The minimum absolute atomic E-state index is 0.253. The standard InChI is InChI=1S/C21H16N4/c1-21(2)14-12-22-20(13-8-4-3-5-9-13)25-17(14)18-19(21)24-16-11-7-6-10-15(16)23-18/h3-12H,1-2H3. The molecule has 120 valence electrons. The molecule has 0 atom stereocenters. The Morgan fingerprint density at radius 2 is 1.40 bits per heavy atom. The maximum absolute atomic E-state index is 4.90. The van der Waals surface area contributed by atoms with Gasteiger partial charge in [0.1, 0.15) is 5.69 Å². The zero-order valence-electron chi connectivity index (χ0n) is 14.1. The molecule has 2 aromatic heterocycles. The first-order valence-electron chi connectivity index (χ1n) is 8.35. The number of hydrogen-bond donors (Lipinski definition) is 0. The first-order valence-corrected chi connectivity index (χ1v) is 8.35. The molecular formula is C21H16N4. The molecule has 1 aliphatic carbocycles. The molecule has 0 fully saturated rings.